The Balaban J connectivity index is 3.86. The second kappa shape index (κ2) is 3.25. The second-order valence-corrected chi connectivity index (χ2v) is 3.51. The lowest BCUT2D eigenvalue weighted by molar-refractivity contribution is -0.402. The van der Waals surface area contributed by atoms with Gasteiger partial charge in [0.15, 0.2) is 0 Å². The van der Waals surface area contributed by atoms with Crippen molar-refractivity contribution in [3.63, 3.8) is 0 Å². The Kier molecular flexibility index (Phi) is 3.25. The van der Waals surface area contributed by atoms with Crippen molar-refractivity contribution in [2.24, 2.45) is 0 Å². The first-order valence-electron chi connectivity index (χ1n) is 1.81. The summed E-state index contributed by atoms with van der Waals surface area (Å²) in [7, 11) is 0. The van der Waals surface area contributed by atoms with E-state index < -0.39 is 8.72 Å². The summed E-state index contributed by atoms with van der Waals surface area (Å²) in [6, 6.07) is 0. The van der Waals surface area contributed by atoms with Crippen LogP contribution in [0.3, 0.4) is 0 Å². The van der Waals surface area contributed by atoms with Crippen LogP contribution in [-0.2, 0) is 0 Å². The SMILES string of the molecule is O=[N+]([O-])C=CC(Cl)(Cl)Cl. The molecule has 0 aromatic carbocycles. The minimum absolute atomic E-state index is 0.576. The maximum absolute atomic E-state index is 9.59. The Bertz CT molecular complexity index is 138. The first kappa shape index (κ1) is 9.01. The number of allylic oxidation sites excluding steroid dienone is 1. The Labute approximate surface area is 66.3 Å². The molecule has 0 aliphatic heterocycles. The molecular weight excluding hydrogens is 188 g/mol. The fourth-order valence-electron chi connectivity index (χ4n) is 0.145. The van der Waals surface area contributed by atoms with E-state index in [1.807, 2.05) is 0 Å². The molecule has 0 saturated carbocycles. The van der Waals surface area contributed by atoms with E-state index in [1.165, 1.54) is 0 Å². The van der Waals surface area contributed by atoms with Gasteiger partial charge in [0.1, 0.15) is 0 Å². The molecule has 0 atom stereocenters. The molecule has 52 valence electrons. The third-order valence-corrected chi connectivity index (χ3v) is 0.763. The second-order valence-electron chi connectivity index (χ2n) is 1.14. The summed E-state index contributed by atoms with van der Waals surface area (Å²) in [5.41, 5.74) is 0. The van der Waals surface area contributed by atoms with Gasteiger partial charge < -0.3 is 0 Å². The summed E-state index contributed by atoms with van der Waals surface area (Å²) in [6.07, 6.45) is 1.44. The molecule has 0 bridgehead atoms. The lowest BCUT2D eigenvalue weighted by atomic mass is 10.7. The van der Waals surface area contributed by atoms with E-state index in [0.717, 1.165) is 6.08 Å². The van der Waals surface area contributed by atoms with Crippen molar-refractivity contribution in [3.8, 4) is 0 Å². The molecule has 0 N–H and O–H groups in total. The smallest absolute Gasteiger partial charge is 0.234 e. The maximum Gasteiger partial charge on any atom is 0.234 e. The van der Waals surface area contributed by atoms with Crippen LogP contribution in [-0.4, -0.2) is 8.72 Å². The largest absolute Gasteiger partial charge is 0.259 e. The normalized spacial score (nSPS) is 12.3. The number of hydrogen-bond acceptors (Lipinski definition) is 2. The fraction of sp³-hybridized carbons (Fsp3) is 0.333. The van der Waals surface area contributed by atoms with Crippen LogP contribution in [0.5, 0.6) is 0 Å². The predicted octanol–water partition coefficient (Wildman–Crippen LogP) is 2.15. The van der Waals surface area contributed by atoms with Gasteiger partial charge in [-0.2, -0.15) is 0 Å². The standard InChI is InChI=1S/C3H2Cl3NO2/c4-3(5,6)1-2-7(8)9/h1-2H. The van der Waals surface area contributed by atoms with Crippen LogP contribution in [0.1, 0.15) is 0 Å². The number of nitrogens with zero attached hydrogens (tertiary/aromatic N) is 1. The highest BCUT2D eigenvalue weighted by Gasteiger charge is 2.15. The first-order valence-corrected chi connectivity index (χ1v) is 2.95. The highest BCUT2D eigenvalue weighted by Crippen LogP contribution is 2.26. The van der Waals surface area contributed by atoms with Crippen LogP contribution in [0.25, 0.3) is 0 Å². The van der Waals surface area contributed by atoms with Crippen molar-refractivity contribution in [1.29, 1.82) is 0 Å². The molecule has 0 aromatic heterocycles. The summed E-state index contributed by atoms with van der Waals surface area (Å²) in [5.74, 6) is 0. The Morgan fingerprint density at radius 3 is 2.00 bits per heavy atom. The average molecular weight is 190 g/mol. The molecule has 0 aromatic rings. The number of hydrogen-bond donors (Lipinski definition) is 0. The highest BCUT2D eigenvalue weighted by molar-refractivity contribution is 6.68. The quantitative estimate of drug-likeness (QED) is 0.361. The van der Waals surface area contributed by atoms with Gasteiger partial charge in [-0.25, -0.2) is 0 Å². The Hall–Kier alpha value is 0.01000. The number of alkyl halides is 3. The minimum Gasteiger partial charge on any atom is -0.259 e. The molecule has 0 saturated heterocycles. The van der Waals surface area contributed by atoms with E-state index in [0.29, 0.717) is 6.20 Å². The summed E-state index contributed by atoms with van der Waals surface area (Å²) in [6.45, 7) is 0. The molecule has 0 rings (SSSR count). The molecule has 0 unspecified atom stereocenters. The van der Waals surface area contributed by atoms with Gasteiger partial charge in [0.25, 0.3) is 0 Å². The van der Waals surface area contributed by atoms with Crippen LogP contribution in [0.15, 0.2) is 12.3 Å². The van der Waals surface area contributed by atoms with Gasteiger partial charge in [0.2, 0.25) is 9.99 Å². The highest BCUT2D eigenvalue weighted by atomic mass is 35.6. The first-order chi connectivity index (χ1) is 3.92. The maximum atomic E-state index is 9.59. The number of halogens is 3. The van der Waals surface area contributed by atoms with Crippen molar-refractivity contribution in [1.82, 2.24) is 0 Å². The zero-order valence-corrected chi connectivity index (χ0v) is 6.32. The van der Waals surface area contributed by atoms with Gasteiger partial charge in [-0.05, 0) is 0 Å². The predicted molar refractivity (Wildman–Crippen MR) is 36.4 cm³/mol. The molecule has 0 aliphatic rings. The van der Waals surface area contributed by atoms with Crippen LogP contribution in [0.4, 0.5) is 0 Å². The molecule has 0 fully saturated rings. The Morgan fingerprint density at radius 2 is 1.89 bits per heavy atom. The molecule has 9 heavy (non-hydrogen) atoms. The molecule has 6 heteroatoms. The van der Waals surface area contributed by atoms with Crippen molar-refractivity contribution in [2.45, 2.75) is 3.79 Å². The zero-order valence-electron chi connectivity index (χ0n) is 4.05. The van der Waals surface area contributed by atoms with Crippen molar-refractivity contribution in [2.75, 3.05) is 0 Å². The Morgan fingerprint density at radius 1 is 1.44 bits per heavy atom. The van der Waals surface area contributed by atoms with E-state index in [1.54, 1.807) is 0 Å². The molecule has 0 aliphatic carbocycles. The van der Waals surface area contributed by atoms with Crippen molar-refractivity contribution >= 4 is 34.8 Å². The zero-order chi connectivity index (χ0) is 7.49. The van der Waals surface area contributed by atoms with Crippen LogP contribution in [0.2, 0.25) is 0 Å². The van der Waals surface area contributed by atoms with E-state index in [4.69, 9.17) is 34.8 Å². The molecule has 0 spiro atoms. The van der Waals surface area contributed by atoms with E-state index in [2.05, 4.69) is 0 Å². The molecule has 0 amide bonds. The van der Waals surface area contributed by atoms with Gasteiger partial charge in [-0.1, -0.05) is 34.8 Å². The van der Waals surface area contributed by atoms with Gasteiger partial charge >= 0.3 is 0 Å². The lowest BCUT2D eigenvalue weighted by Crippen LogP contribution is -1.96. The molecule has 0 radical (unpaired) electrons. The van der Waals surface area contributed by atoms with Gasteiger partial charge in [0.05, 0.1) is 4.92 Å². The third kappa shape index (κ3) is 8.01. The van der Waals surface area contributed by atoms with Crippen LogP contribution in [0, 0.1) is 10.1 Å². The van der Waals surface area contributed by atoms with Gasteiger partial charge in [0, 0.05) is 6.08 Å². The summed E-state index contributed by atoms with van der Waals surface area (Å²) < 4.78 is -1.67. The molecule has 3 nitrogen and oxygen atoms in total. The number of rotatable bonds is 1. The van der Waals surface area contributed by atoms with Crippen molar-refractivity contribution in [3.05, 3.63) is 22.4 Å². The van der Waals surface area contributed by atoms with Crippen LogP contribution >= 0.6 is 34.8 Å². The van der Waals surface area contributed by atoms with E-state index in [-0.39, 0.29) is 0 Å². The monoisotopic (exact) mass is 189 g/mol. The fourth-order valence-corrected chi connectivity index (χ4v) is 0.314. The van der Waals surface area contributed by atoms with Crippen molar-refractivity contribution < 1.29 is 4.92 Å². The topological polar surface area (TPSA) is 43.1 Å². The third-order valence-electron chi connectivity index (χ3n) is 0.385. The molecular formula is C3H2Cl3NO2. The van der Waals surface area contributed by atoms with Gasteiger partial charge in [-0.3, -0.25) is 10.1 Å². The number of nitro groups is 1. The average Bonchev–Trinajstić information content (AvgIpc) is 1.59. The van der Waals surface area contributed by atoms with Crippen LogP contribution < -0.4 is 0 Å². The molecule has 0 heterocycles. The summed E-state index contributed by atoms with van der Waals surface area (Å²) in [5, 5.41) is 9.59. The van der Waals surface area contributed by atoms with Gasteiger partial charge in [-0.15, -0.1) is 0 Å². The minimum atomic E-state index is -1.67. The summed E-state index contributed by atoms with van der Waals surface area (Å²) in [4.78, 5) is 8.88. The van der Waals surface area contributed by atoms with E-state index in [9.17, 15) is 10.1 Å². The van der Waals surface area contributed by atoms with E-state index >= 15 is 0 Å². The summed E-state index contributed by atoms with van der Waals surface area (Å²) >= 11 is 15.4. The lowest BCUT2D eigenvalue weighted by Gasteiger charge is -1.97.